The van der Waals surface area contributed by atoms with Gasteiger partial charge in [0, 0.05) is 15.8 Å². The Morgan fingerprint density at radius 2 is 1.89 bits per heavy atom. The lowest BCUT2D eigenvalue weighted by Gasteiger charge is -2.14. The molecule has 4 heteroatoms. The van der Waals surface area contributed by atoms with E-state index >= 15 is 0 Å². The maximum Gasteiger partial charge on any atom is 0.126 e. The summed E-state index contributed by atoms with van der Waals surface area (Å²) in [6, 6.07) is 9.26. The van der Waals surface area contributed by atoms with Crippen LogP contribution in [0.1, 0.15) is 24.1 Å². The van der Waals surface area contributed by atoms with Crippen molar-refractivity contribution >= 4 is 11.8 Å². The number of nitrogens with two attached hydrogens (primary N) is 1. The molecule has 0 amide bonds. The maximum atomic E-state index is 13.6. The predicted molar refractivity (Wildman–Crippen MR) is 74.3 cm³/mol. The number of halogens is 2. The van der Waals surface area contributed by atoms with Gasteiger partial charge in [0.1, 0.15) is 11.6 Å². The van der Waals surface area contributed by atoms with E-state index in [2.05, 4.69) is 0 Å². The lowest BCUT2D eigenvalue weighted by molar-refractivity contribution is 0.610. The summed E-state index contributed by atoms with van der Waals surface area (Å²) in [5.41, 5.74) is 7.16. The van der Waals surface area contributed by atoms with Crippen LogP contribution in [0.3, 0.4) is 0 Å². The van der Waals surface area contributed by atoms with Gasteiger partial charge in [-0.2, -0.15) is 0 Å². The Balaban J connectivity index is 2.41. The highest BCUT2D eigenvalue weighted by molar-refractivity contribution is 7.99. The van der Waals surface area contributed by atoms with Crippen molar-refractivity contribution in [3.63, 3.8) is 0 Å². The zero-order chi connectivity index (χ0) is 14.0. The Bertz CT molecular complexity index is 597. The van der Waals surface area contributed by atoms with Crippen LogP contribution in [0, 0.1) is 18.6 Å². The topological polar surface area (TPSA) is 26.0 Å². The molecule has 0 spiro atoms. The van der Waals surface area contributed by atoms with Crippen LogP contribution in [-0.2, 0) is 0 Å². The summed E-state index contributed by atoms with van der Waals surface area (Å²) in [6.45, 7) is 3.51. The molecule has 2 rings (SSSR count). The van der Waals surface area contributed by atoms with Gasteiger partial charge in [-0.05, 0) is 55.3 Å². The zero-order valence-electron chi connectivity index (χ0n) is 10.8. The van der Waals surface area contributed by atoms with Crippen molar-refractivity contribution in [3.05, 3.63) is 59.2 Å². The van der Waals surface area contributed by atoms with E-state index in [1.165, 1.54) is 30.0 Å². The molecule has 1 nitrogen and oxygen atoms in total. The summed E-state index contributed by atoms with van der Waals surface area (Å²) in [5.74, 6) is -0.554. The average molecular weight is 279 g/mol. The Kier molecular flexibility index (Phi) is 4.22. The van der Waals surface area contributed by atoms with E-state index in [4.69, 9.17) is 5.73 Å². The predicted octanol–water partition coefficient (Wildman–Crippen LogP) is 4.44. The molecule has 0 heterocycles. The first-order valence-corrected chi connectivity index (χ1v) is 6.78. The monoisotopic (exact) mass is 279 g/mol. The van der Waals surface area contributed by atoms with Crippen LogP contribution in [0.15, 0.2) is 46.2 Å². The van der Waals surface area contributed by atoms with Gasteiger partial charge < -0.3 is 5.73 Å². The summed E-state index contributed by atoms with van der Waals surface area (Å²) in [5, 5.41) is 0. The Morgan fingerprint density at radius 3 is 2.53 bits per heavy atom. The van der Waals surface area contributed by atoms with Gasteiger partial charge in [-0.15, -0.1) is 0 Å². The fourth-order valence-electron chi connectivity index (χ4n) is 1.77. The van der Waals surface area contributed by atoms with Gasteiger partial charge >= 0.3 is 0 Å². The molecule has 19 heavy (non-hydrogen) atoms. The minimum Gasteiger partial charge on any atom is -0.324 e. The molecule has 0 radical (unpaired) electrons. The molecule has 0 fully saturated rings. The summed E-state index contributed by atoms with van der Waals surface area (Å²) in [6.07, 6.45) is 0. The number of aryl methyl sites for hydroxylation is 1. The summed E-state index contributed by atoms with van der Waals surface area (Å²) in [7, 11) is 0. The van der Waals surface area contributed by atoms with Crippen molar-refractivity contribution in [2.24, 2.45) is 5.73 Å². The third-order valence-electron chi connectivity index (χ3n) is 2.81. The third-order valence-corrected chi connectivity index (χ3v) is 3.87. The van der Waals surface area contributed by atoms with Crippen LogP contribution in [0.5, 0.6) is 0 Å². The molecule has 0 saturated carbocycles. The first kappa shape index (κ1) is 14.0. The average Bonchev–Trinajstić information content (AvgIpc) is 2.33. The quantitative estimate of drug-likeness (QED) is 0.898. The van der Waals surface area contributed by atoms with E-state index in [1.54, 1.807) is 26.0 Å². The second kappa shape index (κ2) is 5.72. The highest BCUT2D eigenvalue weighted by Gasteiger charge is 2.12. The fraction of sp³-hybridized carbons (Fsp3) is 0.200. The van der Waals surface area contributed by atoms with E-state index < -0.39 is 0 Å². The normalized spacial score (nSPS) is 12.5. The van der Waals surface area contributed by atoms with Crippen LogP contribution in [0.25, 0.3) is 0 Å². The van der Waals surface area contributed by atoms with Crippen molar-refractivity contribution in [2.45, 2.75) is 29.7 Å². The third kappa shape index (κ3) is 3.33. The molecule has 0 saturated heterocycles. The summed E-state index contributed by atoms with van der Waals surface area (Å²) >= 11 is 1.39. The molecule has 2 N–H and O–H groups in total. The van der Waals surface area contributed by atoms with Crippen LogP contribution >= 0.6 is 11.8 Å². The molecule has 0 aliphatic carbocycles. The molecular weight excluding hydrogens is 264 g/mol. The molecule has 100 valence electrons. The van der Waals surface area contributed by atoms with Gasteiger partial charge in [-0.3, -0.25) is 0 Å². The molecule has 1 atom stereocenters. The first-order valence-electron chi connectivity index (χ1n) is 5.96. The summed E-state index contributed by atoms with van der Waals surface area (Å²) < 4.78 is 26.8. The molecule has 0 aliphatic heterocycles. The maximum absolute atomic E-state index is 13.6. The molecule has 2 aromatic rings. The molecular formula is C15H15F2NS. The van der Waals surface area contributed by atoms with Crippen molar-refractivity contribution in [1.82, 2.24) is 0 Å². The van der Waals surface area contributed by atoms with Gasteiger partial charge in [0.05, 0.1) is 0 Å². The minimum absolute atomic E-state index is 0.268. The number of hydrogen-bond donors (Lipinski definition) is 1. The molecule has 0 unspecified atom stereocenters. The van der Waals surface area contributed by atoms with Gasteiger partial charge in [-0.1, -0.05) is 17.8 Å². The van der Waals surface area contributed by atoms with Crippen molar-refractivity contribution in [3.8, 4) is 0 Å². The largest absolute Gasteiger partial charge is 0.324 e. The van der Waals surface area contributed by atoms with Crippen LogP contribution in [0.4, 0.5) is 8.78 Å². The van der Waals surface area contributed by atoms with Gasteiger partial charge in [-0.25, -0.2) is 8.78 Å². The summed E-state index contributed by atoms with van der Waals surface area (Å²) in [4.78, 5) is 1.63. The van der Waals surface area contributed by atoms with Crippen LogP contribution in [-0.4, -0.2) is 0 Å². The lowest BCUT2D eigenvalue weighted by atomic mass is 10.1. The van der Waals surface area contributed by atoms with Crippen molar-refractivity contribution in [1.29, 1.82) is 0 Å². The van der Waals surface area contributed by atoms with E-state index in [9.17, 15) is 8.78 Å². The van der Waals surface area contributed by atoms with E-state index in [0.717, 1.165) is 15.4 Å². The Hall–Kier alpha value is -1.39. The second-order valence-corrected chi connectivity index (χ2v) is 5.60. The minimum atomic E-state index is -0.286. The van der Waals surface area contributed by atoms with E-state index in [0.29, 0.717) is 5.56 Å². The lowest BCUT2D eigenvalue weighted by Crippen LogP contribution is -2.07. The highest BCUT2D eigenvalue weighted by atomic mass is 32.2. The van der Waals surface area contributed by atoms with Gasteiger partial charge in [0.2, 0.25) is 0 Å². The van der Waals surface area contributed by atoms with Crippen molar-refractivity contribution in [2.75, 3.05) is 0 Å². The first-order chi connectivity index (χ1) is 8.97. The van der Waals surface area contributed by atoms with E-state index in [1.807, 2.05) is 6.07 Å². The zero-order valence-corrected chi connectivity index (χ0v) is 11.6. The molecule has 0 aliphatic rings. The van der Waals surface area contributed by atoms with Crippen molar-refractivity contribution < 1.29 is 8.78 Å². The smallest absolute Gasteiger partial charge is 0.126 e. The Labute approximate surface area is 115 Å². The Morgan fingerprint density at radius 1 is 1.16 bits per heavy atom. The highest BCUT2D eigenvalue weighted by Crippen LogP contribution is 2.34. The molecule has 0 aromatic heterocycles. The second-order valence-electron chi connectivity index (χ2n) is 4.49. The fourth-order valence-corrected chi connectivity index (χ4v) is 2.94. The molecule has 0 bridgehead atoms. The number of hydrogen-bond acceptors (Lipinski definition) is 2. The SMILES string of the molecule is Cc1cc(Sc2cccc(F)c2)c([C@@H](C)N)cc1F. The molecule has 2 aromatic carbocycles. The number of rotatable bonds is 3. The van der Waals surface area contributed by atoms with Gasteiger partial charge in [0.25, 0.3) is 0 Å². The standard InChI is InChI=1S/C15H15F2NS/c1-9-6-15(13(10(2)18)8-14(9)17)19-12-5-3-4-11(16)7-12/h3-8,10H,18H2,1-2H3/t10-/m1/s1. The van der Waals surface area contributed by atoms with Crippen LogP contribution in [0.2, 0.25) is 0 Å². The van der Waals surface area contributed by atoms with Crippen LogP contribution < -0.4 is 5.73 Å². The number of benzene rings is 2. The van der Waals surface area contributed by atoms with E-state index in [-0.39, 0.29) is 17.7 Å². The van der Waals surface area contributed by atoms with Gasteiger partial charge in [0.15, 0.2) is 0 Å².